The van der Waals surface area contributed by atoms with Gasteiger partial charge >= 0.3 is 18.0 Å². The van der Waals surface area contributed by atoms with Gasteiger partial charge in [-0.3, -0.25) is 38.4 Å². The molecule has 0 radical (unpaired) electrons. The summed E-state index contributed by atoms with van der Waals surface area (Å²) in [4.78, 5) is 104. The van der Waals surface area contributed by atoms with Gasteiger partial charge in [0.25, 0.3) is 0 Å². The maximum atomic E-state index is 12.8. The number of esters is 1. The molecule has 7 amide bonds. The lowest BCUT2D eigenvalue weighted by atomic mass is 10.0. The Hall–Kier alpha value is -5.28. The van der Waals surface area contributed by atoms with Crippen LogP contribution >= 0.6 is 12.0 Å². The Bertz CT molecular complexity index is 1460. The number of nitrogens with one attached hydrogen (secondary N) is 6. The lowest BCUT2D eigenvalue weighted by Gasteiger charge is -2.22. The van der Waals surface area contributed by atoms with E-state index in [9.17, 15) is 47.7 Å². The van der Waals surface area contributed by atoms with Gasteiger partial charge in [-0.15, -0.1) is 0 Å². The lowest BCUT2D eigenvalue weighted by Crippen LogP contribution is -2.54. The van der Waals surface area contributed by atoms with E-state index in [1.54, 1.807) is 58.9 Å². The molecule has 328 valence electrons. The van der Waals surface area contributed by atoms with Gasteiger partial charge in [-0.05, 0) is 49.0 Å². The van der Waals surface area contributed by atoms with Crippen LogP contribution in [0.2, 0.25) is 0 Å². The summed E-state index contributed by atoms with van der Waals surface area (Å²) in [5.41, 5.74) is 5.93. The average molecular weight is 844 g/mol. The van der Waals surface area contributed by atoms with E-state index in [0.29, 0.717) is 24.3 Å². The first-order chi connectivity index (χ1) is 27.3. The molecule has 2 atom stereocenters. The number of carbonyl (C=O) groups excluding carboxylic acids is 8. The maximum Gasteiger partial charge on any atom is 0.312 e. The Labute approximate surface area is 343 Å². The molecule has 0 saturated heterocycles. The van der Waals surface area contributed by atoms with E-state index in [1.165, 1.54) is 6.92 Å². The van der Waals surface area contributed by atoms with E-state index < -0.39 is 60.2 Å². The summed E-state index contributed by atoms with van der Waals surface area (Å²) >= 11 is 0.334. The Kier molecular flexibility index (Phi) is 31.0. The van der Waals surface area contributed by atoms with Gasteiger partial charge < -0.3 is 56.8 Å². The molecule has 0 aliphatic heterocycles. The number of nitrogens with two attached hydrogens (primary N) is 1. The number of carboxylic acids is 1. The summed E-state index contributed by atoms with van der Waals surface area (Å²) in [6.45, 7) is 11.9. The number of rotatable bonds is 24. The summed E-state index contributed by atoms with van der Waals surface area (Å²) in [7, 11) is 0. The van der Waals surface area contributed by atoms with Crippen LogP contribution in [-0.4, -0.2) is 114 Å². The van der Waals surface area contributed by atoms with E-state index >= 15 is 0 Å². The van der Waals surface area contributed by atoms with E-state index in [1.807, 2.05) is 6.92 Å². The first kappa shape index (κ1) is 54.8. The summed E-state index contributed by atoms with van der Waals surface area (Å²) in [5.74, 6) is -4.95. The van der Waals surface area contributed by atoms with Gasteiger partial charge in [-0.1, -0.05) is 53.7 Å². The Morgan fingerprint density at radius 3 is 1.84 bits per heavy atom. The molecule has 0 saturated carbocycles. The van der Waals surface area contributed by atoms with Gasteiger partial charge in [0.1, 0.15) is 24.5 Å². The van der Waals surface area contributed by atoms with Crippen LogP contribution in [0.5, 0.6) is 0 Å². The van der Waals surface area contributed by atoms with Crippen molar-refractivity contribution in [3.8, 4) is 0 Å². The van der Waals surface area contributed by atoms with Crippen LogP contribution in [-0.2, 0) is 54.4 Å². The van der Waals surface area contributed by atoms with Crippen molar-refractivity contribution in [3.63, 3.8) is 0 Å². The molecule has 0 aliphatic rings. The minimum absolute atomic E-state index is 0.0358. The van der Waals surface area contributed by atoms with Crippen molar-refractivity contribution in [3.05, 3.63) is 29.8 Å². The van der Waals surface area contributed by atoms with Gasteiger partial charge in [0.15, 0.2) is 0 Å². The molecular weight excluding hydrogens is 783 g/mol. The molecule has 2 unspecified atom stereocenters. The van der Waals surface area contributed by atoms with Crippen molar-refractivity contribution in [1.82, 2.24) is 26.6 Å². The van der Waals surface area contributed by atoms with Crippen molar-refractivity contribution in [2.45, 2.75) is 92.8 Å². The molecule has 58 heavy (non-hydrogen) atoms. The van der Waals surface area contributed by atoms with Crippen LogP contribution in [0, 0.1) is 11.8 Å². The molecule has 0 aliphatic carbocycles. The Morgan fingerprint density at radius 2 is 1.36 bits per heavy atom. The number of aliphatic carboxylic acids is 1. The fourth-order valence-electron chi connectivity index (χ4n) is 3.79. The number of Topliss-reactive ketones (excluding diaryl/α,β-unsaturated/α-hetero) is 1. The molecular formula is C37H61N7O13S. The molecule has 1 aromatic rings. The largest absolute Gasteiger partial charge is 0.481 e. The van der Waals surface area contributed by atoms with Gasteiger partial charge in [0, 0.05) is 37.2 Å². The molecule has 0 bridgehead atoms. The second-order valence-corrected chi connectivity index (χ2v) is 13.6. The summed E-state index contributed by atoms with van der Waals surface area (Å²) < 4.78 is 19.6. The second kappa shape index (κ2) is 32.8. The van der Waals surface area contributed by atoms with Crippen molar-refractivity contribution >= 4 is 71.0 Å². The zero-order valence-electron chi connectivity index (χ0n) is 34.3. The Morgan fingerprint density at radius 1 is 0.793 bits per heavy atom. The smallest absolute Gasteiger partial charge is 0.312 e. The number of benzene rings is 1. The zero-order valence-corrected chi connectivity index (χ0v) is 35.1. The number of carboxylic acid groups (broad SMARTS) is 1. The van der Waals surface area contributed by atoms with Gasteiger partial charge in [-0.2, -0.15) is 0 Å². The molecule has 0 fully saturated rings. The standard InChI is InChI=1S/C30H45N5O10S.C4H10N2O.C3H6O2/c1-18(2)27(29(41)32-14-25(38)33-22-8-6-21(7-9-22)16-45-30(42)19(3)4)35-26(39)15-31-28(40)23(17-46-43)34-24(37)11-13-44-12-10-20(5)36;1-2-3-6-4(5)7;1-2-3(4)5/h6-9,18-19,23,27,43H,10-17H2,1-5H3,(H,31,40)(H,32,41)(H,33,38)(H,34,37)(H,35,39);2-3H2,1H3,(H3,5,6,7);2H2,1H3,(H,4,5). The number of anilines is 1. The minimum Gasteiger partial charge on any atom is -0.481 e. The van der Waals surface area contributed by atoms with E-state index in [0.717, 1.165) is 12.0 Å². The highest BCUT2D eigenvalue weighted by atomic mass is 32.2. The van der Waals surface area contributed by atoms with Crippen LogP contribution in [0.4, 0.5) is 10.5 Å². The number of hydrogen-bond donors (Lipinski definition) is 9. The van der Waals surface area contributed by atoms with Crippen LogP contribution < -0.4 is 37.6 Å². The highest BCUT2D eigenvalue weighted by Gasteiger charge is 2.26. The predicted molar refractivity (Wildman–Crippen MR) is 216 cm³/mol. The van der Waals surface area contributed by atoms with E-state index in [-0.39, 0.29) is 75.0 Å². The number of carbonyl (C=O) groups is 9. The van der Waals surface area contributed by atoms with Crippen LogP contribution in [0.1, 0.15) is 79.7 Å². The Balaban J connectivity index is 0. The van der Waals surface area contributed by atoms with Crippen molar-refractivity contribution in [2.75, 3.05) is 43.9 Å². The third kappa shape index (κ3) is 29.9. The van der Waals surface area contributed by atoms with Crippen LogP contribution in [0.25, 0.3) is 0 Å². The number of urea groups is 1. The molecule has 0 aromatic heterocycles. The maximum absolute atomic E-state index is 12.8. The molecule has 0 heterocycles. The molecule has 20 nitrogen and oxygen atoms in total. The summed E-state index contributed by atoms with van der Waals surface area (Å²) in [5, 5.41) is 22.6. The summed E-state index contributed by atoms with van der Waals surface area (Å²) in [6, 6.07) is 4.04. The molecule has 21 heteroatoms. The monoisotopic (exact) mass is 843 g/mol. The third-order valence-corrected chi connectivity index (χ3v) is 7.50. The summed E-state index contributed by atoms with van der Waals surface area (Å²) in [6.07, 6.45) is 1.30. The van der Waals surface area contributed by atoms with Crippen molar-refractivity contribution in [1.29, 1.82) is 0 Å². The first-order valence-corrected chi connectivity index (χ1v) is 19.5. The number of hydrogen-bond acceptors (Lipinski definition) is 13. The molecule has 1 aromatic carbocycles. The fourth-order valence-corrected chi connectivity index (χ4v) is 4.18. The van der Waals surface area contributed by atoms with Gasteiger partial charge in [0.05, 0.1) is 32.2 Å². The van der Waals surface area contributed by atoms with Gasteiger partial charge in [0.2, 0.25) is 29.5 Å². The lowest BCUT2D eigenvalue weighted by molar-refractivity contribution is -0.148. The quantitative estimate of drug-likeness (QED) is 0.0403. The average Bonchev–Trinajstić information content (AvgIpc) is 3.16. The predicted octanol–water partition coefficient (Wildman–Crippen LogP) is 1.32. The normalized spacial score (nSPS) is 11.2. The van der Waals surface area contributed by atoms with E-state index in [2.05, 4.69) is 31.9 Å². The molecule has 10 N–H and O–H groups in total. The fraction of sp³-hybridized carbons (Fsp3) is 0.595. The number of ether oxygens (including phenoxy) is 2. The third-order valence-electron chi connectivity index (χ3n) is 7.02. The number of primary amides is 1. The first-order valence-electron chi connectivity index (χ1n) is 18.6. The van der Waals surface area contributed by atoms with E-state index in [4.69, 9.17) is 20.3 Å². The highest BCUT2D eigenvalue weighted by molar-refractivity contribution is 7.93. The van der Waals surface area contributed by atoms with Crippen molar-refractivity contribution < 1.29 is 62.3 Å². The minimum atomic E-state index is -1.14. The molecule has 1 rings (SSSR count). The number of ketones is 1. The zero-order chi connectivity index (χ0) is 44.6. The molecule has 0 spiro atoms. The topological polar surface area (TPSA) is 311 Å². The SMILES string of the molecule is CC(=O)CCOCCC(=O)NC(CSO)C(=O)NCC(=O)NC(C(=O)NCC(=O)Nc1ccc(COC(=O)C(C)C)cc1)C(C)C.CCC(=O)O.CCCNC(N)=O. The highest BCUT2D eigenvalue weighted by Crippen LogP contribution is 2.11. The van der Waals surface area contributed by atoms with Gasteiger partial charge in [-0.25, -0.2) is 4.79 Å². The second-order valence-electron chi connectivity index (χ2n) is 13.0. The van der Waals surface area contributed by atoms with Crippen molar-refractivity contribution in [2.24, 2.45) is 17.6 Å². The van der Waals surface area contributed by atoms with Crippen LogP contribution in [0.15, 0.2) is 24.3 Å². The van der Waals surface area contributed by atoms with Crippen LogP contribution in [0.3, 0.4) is 0 Å². The number of amides is 7.